The van der Waals surface area contributed by atoms with Crippen molar-refractivity contribution < 1.29 is 9.90 Å². The Hall–Kier alpha value is -2.56. The number of nitrogens with one attached hydrogen (secondary N) is 1. The largest absolute Gasteiger partial charge is 0.508 e. The Morgan fingerprint density at radius 1 is 1.26 bits per heavy atom. The van der Waals surface area contributed by atoms with Crippen molar-refractivity contribution >= 4 is 6.03 Å². The monoisotopic (exact) mass is 311 g/mol. The Labute approximate surface area is 136 Å². The number of carbonyl (C=O) groups is 1. The molecular weight excluding hydrogens is 290 g/mol. The summed E-state index contributed by atoms with van der Waals surface area (Å²) in [7, 11) is 0. The Kier molecular flexibility index (Phi) is 4.76. The van der Waals surface area contributed by atoms with Gasteiger partial charge in [-0.25, -0.2) is 4.79 Å². The van der Waals surface area contributed by atoms with E-state index in [4.69, 9.17) is 0 Å². The fourth-order valence-electron chi connectivity index (χ4n) is 2.50. The molecule has 0 saturated heterocycles. The molecule has 23 heavy (non-hydrogen) atoms. The summed E-state index contributed by atoms with van der Waals surface area (Å²) in [5, 5.41) is 12.5. The van der Waals surface area contributed by atoms with Crippen molar-refractivity contribution in [2.45, 2.75) is 25.9 Å². The number of phenolic OH excluding ortho intramolecular Hbond substituents is 1. The Morgan fingerprint density at radius 3 is 2.78 bits per heavy atom. The first-order valence-corrected chi connectivity index (χ1v) is 7.90. The predicted molar refractivity (Wildman–Crippen MR) is 87.7 cm³/mol. The summed E-state index contributed by atoms with van der Waals surface area (Å²) in [6.45, 7) is 1.73. The number of aromatic hydroxyl groups is 1. The lowest BCUT2D eigenvalue weighted by Crippen LogP contribution is -2.40. The molecule has 5 nitrogen and oxygen atoms in total. The van der Waals surface area contributed by atoms with Crippen LogP contribution in [-0.4, -0.2) is 27.6 Å². The summed E-state index contributed by atoms with van der Waals surface area (Å²) in [5.74, 6) is 0.834. The number of urea groups is 1. The molecule has 0 radical (unpaired) electrons. The quantitative estimate of drug-likeness (QED) is 0.862. The first kappa shape index (κ1) is 15.3. The highest BCUT2D eigenvalue weighted by molar-refractivity contribution is 5.74. The lowest BCUT2D eigenvalue weighted by atomic mass is 10.2. The topological polar surface area (TPSA) is 65.5 Å². The predicted octanol–water partition coefficient (Wildman–Crippen LogP) is 2.91. The molecule has 1 heterocycles. The minimum atomic E-state index is -0.0795. The fourth-order valence-corrected chi connectivity index (χ4v) is 2.50. The maximum Gasteiger partial charge on any atom is 0.317 e. The van der Waals surface area contributed by atoms with Gasteiger partial charge in [-0.15, -0.1) is 0 Å². The molecule has 1 aliphatic carbocycles. The van der Waals surface area contributed by atoms with Gasteiger partial charge in [0, 0.05) is 32.0 Å². The molecule has 2 amide bonds. The van der Waals surface area contributed by atoms with Crippen LogP contribution >= 0.6 is 0 Å². The van der Waals surface area contributed by atoms with E-state index >= 15 is 0 Å². The average molecular weight is 311 g/mol. The Morgan fingerprint density at radius 2 is 2.09 bits per heavy atom. The van der Waals surface area contributed by atoms with Gasteiger partial charge in [0.25, 0.3) is 0 Å². The van der Waals surface area contributed by atoms with E-state index in [2.05, 4.69) is 10.3 Å². The molecule has 0 spiro atoms. The summed E-state index contributed by atoms with van der Waals surface area (Å²) >= 11 is 0. The molecule has 1 aromatic carbocycles. The number of aromatic nitrogens is 1. The van der Waals surface area contributed by atoms with Crippen LogP contribution in [0.2, 0.25) is 0 Å². The molecule has 1 aromatic heterocycles. The highest BCUT2D eigenvalue weighted by Gasteiger charge is 2.26. The Balaban J connectivity index is 1.61. The standard InChI is InChI=1S/C18H21N3O2/c22-17-5-1-3-15(9-17)13-21(12-14-6-7-14)18(23)20-11-16-4-2-8-19-10-16/h1-5,8-10,14,22H,6-7,11-13H2,(H,20,23). The van der Waals surface area contributed by atoms with Crippen LogP contribution in [0.3, 0.4) is 0 Å². The zero-order valence-corrected chi connectivity index (χ0v) is 13.0. The maximum atomic E-state index is 12.5. The second-order valence-electron chi connectivity index (χ2n) is 6.01. The van der Waals surface area contributed by atoms with E-state index in [0.29, 0.717) is 19.0 Å². The van der Waals surface area contributed by atoms with Crippen LogP contribution in [0.25, 0.3) is 0 Å². The van der Waals surface area contributed by atoms with Crippen LogP contribution in [0.15, 0.2) is 48.8 Å². The maximum absolute atomic E-state index is 12.5. The van der Waals surface area contributed by atoms with Gasteiger partial charge < -0.3 is 15.3 Å². The number of hydrogen-bond donors (Lipinski definition) is 2. The van der Waals surface area contributed by atoms with Crippen molar-refractivity contribution in [1.29, 1.82) is 0 Å². The summed E-state index contributed by atoms with van der Waals surface area (Å²) in [6, 6.07) is 10.8. The smallest absolute Gasteiger partial charge is 0.317 e. The van der Waals surface area contributed by atoms with Gasteiger partial charge in [0.1, 0.15) is 5.75 Å². The molecule has 3 rings (SSSR count). The molecule has 1 aliphatic rings. The van der Waals surface area contributed by atoms with Crippen molar-refractivity contribution in [1.82, 2.24) is 15.2 Å². The van der Waals surface area contributed by atoms with Crippen LogP contribution in [-0.2, 0) is 13.1 Å². The van der Waals surface area contributed by atoms with Gasteiger partial charge in [-0.1, -0.05) is 18.2 Å². The number of amides is 2. The van der Waals surface area contributed by atoms with E-state index in [0.717, 1.165) is 17.7 Å². The lowest BCUT2D eigenvalue weighted by Gasteiger charge is -2.23. The third-order valence-corrected chi connectivity index (χ3v) is 3.91. The summed E-state index contributed by atoms with van der Waals surface area (Å²) in [4.78, 5) is 18.4. The zero-order chi connectivity index (χ0) is 16.1. The average Bonchev–Trinajstić information content (AvgIpc) is 3.37. The molecule has 0 atom stereocenters. The second-order valence-corrected chi connectivity index (χ2v) is 6.01. The van der Waals surface area contributed by atoms with Gasteiger partial charge in [0.05, 0.1) is 0 Å². The van der Waals surface area contributed by atoms with Crippen molar-refractivity contribution in [2.24, 2.45) is 5.92 Å². The van der Waals surface area contributed by atoms with Gasteiger partial charge in [-0.3, -0.25) is 4.98 Å². The molecule has 0 unspecified atom stereocenters. The molecule has 2 N–H and O–H groups in total. The van der Waals surface area contributed by atoms with E-state index < -0.39 is 0 Å². The van der Waals surface area contributed by atoms with Crippen LogP contribution in [0.1, 0.15) is 24.0 Å². The van der Waals surface area contributed by atoms with Crippen LogP contribution in [0.4, 0.5) is 4.79 Å². The number of pyridine rings is 1. The van der Waals surface area contributed by atoms with Crippen LogP contribution < -0.4 is 5.32 Å². The molecule has 0 bridgehead atoms. The molecule has 5 heteroatoms. The van der Waals surface area contributed by atoms with Crippen molar-refractivity contribution in [3.05, 3.63) is 59.9 Å². The number of nitrogens with zero attached hydrogens (tertiary/aromatic N) is 2. The molecule has 2 aromatic rings. The highest BCUT2D eigenvalue weighted by Crippen LogP contribution is 2.30. The summed E-state index contributed by atoms with van der Waals surface area (Å²) in [6.07, 6.45) is 5.84. The second kappa shape index (κ2) is 7.13. The van der Waals surface area contributed by atoms with E-state index in [1.54, 1.807) is 30.6 Å². The first-order valence-electron chi connectivity index (χ1n) is 7.90. The third-order valence-electron chi connectivity index (χ3n) is 3.91. The number of benzene rings is 1. The fraction of sp³-hybridized carbons (Fsp3) is 0.333. The lowest BCUT2D eigenvalue weighted by molar-refractivity contribution is 0.192. The van der Waals surface area contributed by atoms with Gasteiger partial charge in [-0.2, -0.15) is 0 Å². The summed E-state index contributed by atoms with van der Waals surface area (Å²) < 4.78 is 0. The normalized spacial score (nSPS) is 13.6. The molecule has 1 saturated carbocycles. The zero-order valence-electron chi connectivity index (χ0n) is 13.0. The van der Waals surface area contributed by atoms with E-state index in [1.165, 1.54) is 12.8 Å². The van der Waals surface area contributed by atoms with Crippen LogP contribution in [0.5, 0.6) is 5.75 Å². The van der Waals surface area contributed by atoms with Crippen molar-refractivity contribution in [3.8, 4) is 5.75 Å². The number of hydrogen-bond acceptors (Lipinski definition) is 3. The van der Waals surface area contributed by atoms with E-state index in [1.807, 2.05) is 23.1 Å². The number of rotatable bonds is 6. The van der Waals surface area contributed by atoms with Crippen molar-refractivity contribution in [2.75, 3.05) is 6.54 Å². The SMILES string of the molecule is O=C(NCc1cccnc1)N(Cc1cccc(O)c1)CC1CC1. The Bertz CT molecular complexity index is 656. The minimum absolute atomic E-state index is 0.0795. The third kappa shape index (κ3) is 4.71. The van der Waals surface area contributed by atoms with Gasteiger partial charge >= 0.3 is 6.03 Å². The first-order chi connectivity index (χ1) is 11.2. The molecule has 0 aliphatic heterocycles. The van der Waals surface area contributed by atoms with Gasteiger partial charge in [0.15, 0.2) is 0 Å². The summed E-state index contributed by atoms with van der Waals surface area (Å²) in [5.41, 5.74) is 1.91. The molecule has 120 valence electrons. The minimum Gasteiger partial charge on any atom is -0.508 e. The van der Waals surface area contributed by atoms with Gasteiger partial charge in [-0.05, 0) is 48.1 Å². The number of phenols is 1. The number of carbonyl (C=O) groups excluding carboxylic acids is 1. The van der Waals surface area contributed by atoms with Crippen molar-refractivity contribution in [3.63, 3.8) is 0 Å². The van der Waals surface area contributed by atoms with E-state index in [9.17, 15) is 9.90 Å². The van der Waals surface area contributed by atoms with E-state index in [-0.39, 0.29) is 11.8 Å². The highest BCUT2D eigenvalue weighted by atomic mass is 16.3. The molecule has 1 fully saturated rings. The molecular formula is C18H21N3O2. The van der Waals surface area contributed by atoms with Gasteiger partial charge in [0.2, 0.25) is 0 Å². The van der Waals surface area contributed by atoms with Crippen LogP contribution in [0, 0.1) is 5.92 Å².